The number of thioether (sulfide) groups is 1. The lowest BCUT2D eigenvalue weighted by Crippen LogP contribution is -2.52. The lowest BCUT2D eigenvalue weighted by Gasteiger charge is -2.51. The number of aliphatic carboxylic acids is 1. The summed E-state index contributed by atoms with van der Waals surface area (Å²) in [5.41, 5.74) is -0.0517. The molecule has 0 aromatic carbocycles. The lowest BCUT2D eigenvalue weighted by atomic mass is 9.64. The summed E-state index contributed by atoms with van der Waals surface area (Å²) in [6.45, 7) is 6.91. The second kappa shape index (κ2) is 5.46. The van der Waals surface area contributed by atoms with E-state index in [2.05, 4.69) is 29.4 Å². The van der Waals surface area contributed by atoms with Gasteiger partial charge in [-0.25, -0.2) is 4.68 Å². The van der Waals surface area contributed by atoms with E-state index in [0.29, 0.717) is 11.8 Å². The maximum Gasteiger partial charge on any atom is 0.313 e. The van der Waals surface area contributed by atoms with Gasteiger partial charge in [-0.3, -0.25) is 4.79 Å². The van der Waals surface area contributed by atoms with Crippen LogP contribution < -0.4 is 0 Å². The Hall–Kier alpha value is -1.15. The number of tetrazole rings is 1. The minimum atomic E-state index is -0.875. The summed E-state index contributed by atoms with van der Waals surface area (Å²) in [6.07, 6.45) is 1.05. The summed E-state index contributed by atoms with van der Waals surface area (Å²) < 4.78 is 7.40. The van der Waals surface area contributed by atoms with Crippen LogP contribution in [0.5, 0.6) is 0 Å². The van der Waals surface area contributed by atoms with Crippen LogP contribution in [0.2, 0.25) is 0 Å². The summed E-state index contributed by atoms with van der Waals surface area (Å²) in [7, 11) is 0. The molecule has 1 heterocycles. The molecule has 106 valence electrons. The van der Waals surface area contributed by atoms with E-state index >= 15 is 0 Å². The molecule has 2 unspecified atom stereocenters. The molecule has 1 aliphatic carbocycles. The van der Waals surface area contributed by atoms with Gasteiger partial charge in [0.2, 0.25) is 5.16 Å². The normalized spacial score (nSPS) is 25.0. The summed E-state index contributed by atoms with van der Waals surface area (Å²) in [6, 6.07) is 0.148. The van der Waals surface area contributed by atoms with E-state index < -0.39 is 5.97 Å². The molecule has 0 radical (unpaired) electrons. The molecule has 19 heavy (non-hydrogen) atoms. The van der Waals surface area contributed by atoms with Gasteiger partial charge in [-0.2, -0.15) is 0 Å². The highest BCUT2D eigenvalue weighted by Gasteiger charge is 2.51. The molecule has 0 bridgehead atoms. The highest BCUT2D eigenvalue weighted by Crippen LogP contribution is 2.51. The molecule has 0 saturated heterocycles. The Kier molecular flexibility index (Phi) is 4.10. The molecule has 0 aliphatic heterocycles. The molecule has 1 N–H and O–H groups in total. The molecule has 7 nitrogen and oxygen atoms in total. The van der Waals surface area contributed by atoms with Gasteiger partial charge in [0.1, 0.15) is 0 Å². The fourth-order valence-corrected chi connectivity index (χ4v) is 3.01. The van der Waals surface area contributed by atoms with Crippen molar-refractivity contribution in [1.82, 2.24) is 20.2 Å². The van der Waals surface area contributed by atoms with Crippen molar-refractivity contribution in [2.45, 2.75) is 44.5 Å². The Morgan fingerprint density at radius 1 is 1.63 bits per heavy atom. The number of nitrogens with zero attached hydrogens (tertiary/aromatic N) is 4. The molecule has 1 aromatic heterocycles. The van der Waals surface area contributed by atoms with Crippen LogP contribution in [0.3, 0.4) is 0 Å². The molecule has 2 atom stereocenters. The Labute approximate surface area is 115 Å². The maximum atomic E-state index is 10.6. The quantitative estimate of drug-likeness (QED) is 0.786. The van der Waals surface area contributed by atoms with Crippen LogP contribution in [0.25, 0.3) is 0 Å². The van der Waals surface area contributed by atoms with Crippen molar-refractivity contribution >= 4 is 17.7 Å². The number of ether oxygens (including phenoxy) is 1. The van der Waals surface area contributed by atoms with Crippen LogP contribution >= 0.6 is 11.8 Å². The van der Waals surface area contributed by atoms with Crippen LogP contribution in [-0.2, 0) is 9.53 Å². The van der Waals surface area contributed by atoms with E-state index in [4.69, 9.17) is 9.84 Å². The van der Waals surface area contributed by atoms with Gasteiger partial charge in [-0.05, 0) is 23.8 Å². The second-order valence-corrected chi connectivity index (χ2v) is 6.05. The van der Waals surface area contributed by atoms with E-state index in [-0.39, 0.29) is 23.3 Å². The fourth-order valence-electron chi connectivity index (χ4n) is 2.37. The molecule has 1 saturated carbocycles. The lowest BCUT2D eigenvalue weighted by molar-refractivity contribution is -0.134. The van der Waals surface area contributed by atoms with Gasteiger partial charge in [0.05, 0.1) is 17.9 Å². The van der Waals surface area contributed by atoms with Crippen molar-refractivity contribution in [1.29, 1.82) is 0 Å². The van der Waals surface area contributed by atoms with Crippen molar-refractivity contribution in [2.24, 2.45) is 5.41 Å². The van der Waals surface area contributed by atoms with E-state index in [9.17, 15) is 4.79 Å². The molecule has 1 aliphatic rings. The Morgan fingerprint density at radius 2 is 2.37 bits per heavy atom. The zero-order valence-electron chi connectivity index (χ0n) is 11.2. The van der Waals surface area contributed by atoms with Crippen molar-refractivity contribution < 1.29 is 14.6 Å². The first-order valence-corrected chi connectivity index (χ1v) is 7.19. The number of hydrogen-bond acceptors (Lipinski definition) is 6. The molecular formula is C11H18N4O3S. The summed E-state index contributed by atoms with van der Waals surface area (Å²) in [5.74, 6) is -0.915. The third kappa shape index (κ3) is 2.74. The molecule has 0 amide bonds. The average Bonchev–Trinajstić information content (AvgIpc) is 2.79. The van der Waals surface area contributed by atoms with Crippen LogP contribution in [-0.4, -0.2) is 49.7 Å². The third-order valence-electron chi connectivity index (χ3n) is 3.58. The predicted octanol–water partition coefficient (Wildman–Crippen LogP) is 1.23. The van der Waals surface area contributed by atoms with Crippen molar-refractivity contribution in [3.8, 4) is 0 Å². The fraction of sp³-hybridized carbons (Fsp3) is 0.818. The molecule has 8 heteroatoms. The van der Waals surface area contributed by atoms with Gasteiger partial charge >= 0.3 is 5.97 Å². The number of carboxylic acids is 1. The third-order valence-corrected chi connectivity index (χ3v) is 4.49. The maximum absolute atomic E-state index is 10.6. The smallest absolute Gasteiger partial charge is 0.313 e. The largest absolute Gasteiger partial charge is 0.481 e. The van der Waals surface area contributed by atoms with Crippen molar-refractivity contribution in [2.75, 3.05) is 12.4 Å². The van der Waals surface area contributed by atoms with Crippen LogP contribution in [0.4, 0.5) is 0 Å². The van der Waals surface area contributed by atoms with Crippen LogP contribution in [0.15, 0.2) is 5.16 Å². The van der Waals surface area contributed by atoms with Gasteiger partial charge in [-0.1, -0.05) is 25.6 Å². The van der Waals surface area contributed by atoms with Crippen molar-refractivity contribution in [3.63, 3.8) is 0 Å². The first-order chi connectivity index (χ1) is 8.96. The highest BCUT2D eigenvalue weighted by atomic mass is 32.2. The molecule has 1 aromatic rings. The monoisotopic (exact) mass is 286 g/mol. The predicted molar refractivity (Wildman–Crippen MR) is 69.0 cm³/mol. The van der Waals surface area contributed by atoms with Gasteiger partial charge in [0.15, 0.2) is 0 Å². The number of carbonyl (C=O) groups is 1. The zero-order chi connectivity index (χ0) is 14.0. The van der Waals surface area contributed by atoms with E-state index in [1.54, 1.807) is 4.68 Å². The topological polar surface area (TPSA) is 90.1 Å². The van der Waals surface area contributed by atoms with Crippen molar-refractivity contribution in [3.05, 3.63) is 0 Å². The molecule has 1 fully saturated rings. The number of rotatable bonds is 6. The van der Waals surface area contributed by atoms with Gasteiger partial charge in [0, 0.05) is 12.0 Å². The number of aromatic nitrogens is 4. The summed E-state index contributed by atoms with van der Waals surface area (Å²) in [5, 5.41) is 20.8. The number of hydrogen-bond donors (Lipinski definition) is 1. The first-order valence-electron chi connectivity index (χ1n) is 6.20. The highest BCUT2D eigenvalue weighted by molar-refractivity contribution is 7.99. The number of carboxylic acid groups (broad SMARTS) is 1. The first kappa shape index (κ1) is 14.3. The van der Waals surface area contributed by atoms with Crippen LogP contribution in [0, 0.1) is 5.41 Å². The van der Waals surface area contributed by atoms with Gasteiger partial charge in [0.25, 0.3) is 0 Å². The van der Waals surface area contributed by atoms with E-state index in [0.717, 1.165) is 18.2 Å². The Morgan fingerprint density at radius 3 is 2.95 bits per heavy atom. The Bertz CT molecular complexity index is 463. The standard InChI is InChI=1S/C11H18N4O3S/c1-4-18-8-5-7(11(8,2)3)15-10(12-13-14-15)19-6-9(16)17/h7-8H,4-6H2,1-3H3,(H,16,17). The zero-order valence-corrected chi connectivity index (χ0v) is 12.1. The molecular weight excluding hydrogens is 268 g/mol. The van der Waals surface area contributed by atoms with E-state index in [1.807, 2.05) is 6.92 Å². The molecule has 0 spiro atoms. The average molecular weight is 286 g/mol. The molecule has 2 rings (SSSR count). The minimum absolute atomic E-state index is 0.0393. The van der Waals surface area contributed by atoms with Crippen LogP contribution in [0.1, 0.15) is 33.2 Å². The summed E-state index contributed by atoms with van der Waals surface area (Å²) >= 11 is 1.14. The van der Waals surface area contributed by atoms with E-state index in [1.165, 1.54) is 0 Å². The minimum Gasteiger partial charge on any atom is -0.481 e. The van der Waals surface area contributed by atoms with Gasteiger partial charge in [-0.15, -0.1) is 5.10 Å². The summed E-state index contributed by atoms with van der Waals surface area (Å²) in [4.78, 5) is 10.6. The van der Waals surface area contributed by atoms with Gasteiger partial charge < -0.3 is 9.84 Å². The SMILES string of the molecule is CCOC1CC(n2nnnc2SCC(=O)O)C1(C)C. The Balaban J connectivity index is 2.07. The second-order valence-electron chi connectivity index (χ2n) is 5.11.